The highest BCUT2D eigenvalue weighted by Gasteiger charge is 2.05. The van der Waals surface area contributed by atoms with E-state index in [2.05, 4.69) is 25.9 Å². The van der Waals surface area contributed by atoms with Gasteiger partial charge in [0.05, 0.1) is 10.9 Å². The van der Waals surface area contributed by atoms with Crippen LogP contribution >= 0.6 is 15.9 Å². The van der Waals surface area contributed by atoms with Crippen molar-refractivity contribution in [3.05, 3.63) is 51.2 Å². The third kappa shape index (κ3) is 1.34. The minimum Gasteiger partial charge on any atom is -0.339 e. The lowest BCUT2D eigenvalue weighted by molar-refractivity contribution is 1.32. The molecule has 0 fully saturated rings. The van der Waals surface area contributed by atoms with Crippen molar-refractivity contribution in [2.75, 3.05) is 0 Å². The van der Waals surface area contributed by atoms with Gasteiger partial charge in [-0.2, -0.15) is 0 Å². The van der Waals surface area contributed by atoms with Gasteiger partial charge in [0, 0.05) is 16.1 Å². The monoisotopic (exact) mass is 274 g/mol. The number of benzene rings is 1. The molecule has 0 radical (unpaired) electrons. The number of hydrogen-bond acceptors (Lipinski definition) is 2. The van der Waals surface area contributed by atoms with E-state index in [4.69, 9.17) is 0 Å². The number of aromatic amines is 1. The summed E-state index contributed by atoms with van der Waals surface area (Å²) in [5.74, 6) is 0. The summed E-state index contributed by atoms with van der Waals surface area (Å²) >= 11 is 3.36. The molecule has 0 aliphatic heterocycles. The smallest absolute Gasteiger partial charge is 0.198 e. The van der Waals surface area contributed by atoms with Crippen LogP contribution < -0.4 is 5.43 Å². The number of fused-ring (bicyclic) bond motifs is 2. The first kappa shape index (κ1) is 9.54. The van der Waals surface area contributed by atoms with Crippen LogP contribution in [0, 0.1) is 0 Å². The molecule has 2 aromatic heterocycles. The van der Waals surface area contributed by atoms with Gasteiger partial charge in [0.2, 0.25) is 0 Å². The Morgan fingerprint density at radius 2 is 2.06 bits per heavy atom. The van der Waals surface area contributed by atoms with Crippen molar-refractivity contribution >= 4 is 37.9 Å². The van der Waals surface area contributed by atoms with Gasteiger partial charge in [-0.25, -0.2) is 4.98 Å². The Morgan fingerprint density at radius 3 is 2.94 bits per heavy atom. The molecular weight excluding hydrogens is 268 g/mol. The van der Waals surface area contributed by atoms with E-state index < -0.39 is 0 Å². The molecule has 0 aliphatic rings. The Balaban J connectivity index is 2.61. The molecule has 78 valence electrons. The van der Waals surface area contributed by atoms with Crippen LogP contribution in [0.4, 0.5) is 0 Å². The molecule has 0 bridgehead atoms. The number of hydrogen-bond donors (Lipinski definition) is 1. The summed E-state index contributed by atoms with van der Waals surface area (Å²) < 4.78 is 0.897. The van der Waals surface area contributed by atoms with Crippen molar-refractivity contribution in [1.29, 1.82) is 0 Å². The maximum atomic E-state index is 12.2. The lowest BCUT2D eigenvalue weighted by Gasteiger charge is -2.01. The quantitative estimate of drug-likeness (QED) is 0.641. The van der Waals surface area contributed by atoms with Gasteiger partial charge in [-0.05, 0) is 30.3 Å². The fourth-order valence-electron chi connectivity index (χ4n) is 1.77. The summed E-state index contributed by atoms with van der Waals surface area (Å²) in [5, 5.41) is 1.29. The third-order valence-corrected chi connectivity index (χ3v) is 3.02. The lowest BCUT2D eigenvalue weighted by atomic mass is 10.1. The number of nitrogens with zero attached hydrogens (tertiary/aromatic N) is 1. The second-order valence-electron chi connectivity index (χ2n) is 3.54. The van der Waals surface area contributed by atoms with E-state index >= 15 is 0 Å². The Hall–Kier alpha value is -1.68. The van der Waals surface area contributed by atoms with Crippen molar-refractivity contribution in [3.8, 4) is 0 Å². The number of nitrogens with one attached hydrogen (secondary N) is 1. The van der Waals surface area contributed by atoms with Crippen LogP contribution in [0.1, 0.15) is 0 Å². The highest BCUT2D eigenvalue weighted by molar-refractivity contribution is 9.10. The second-order valence-corrected chi connectivity index (χ2v) is 4.46. The highest BCUT2D eigenvalue weighted by Crippen LogP contribution is 2.17. The number of aromatic nitrogens is 2. The lowest BCUT2D eigenvalue weighted by Crippen LogP contribution is -2.04. The van der Waals surface area contributed by atoms with E-state index in [1.165, 1.54) is 0 Å². The summed E-state index contributed by atoms with van der Waals surface area (Å²) in [6.07, 6.45) is 1.67. The zero-order chi connectivity index (χ0) is 11.1. The van der Waals surface area contributed by atoms with Crippen molar-refractivity contribution in [2.45, 2.75) is 0 Å². The average molecular weight is 275 g/mol. The Labute approximate surface area is 99.3 Å². The van der Waals surface area contributed by atoms with E-state index in [1.54, 1.807) is 18.3 Å². The molecule has 16 heavy (non-hydrogen) atoms. The Morgan fingerprint density at radius 1 is 1.19 bits per heavy atom. The number of H-pyrrole nitrogens is 1. The minimum absolute atomic E-state index is 0.0122. The SMILES string of the molecule is O=c1c2cc(Br)ccc2[nH]c2ncccc12. The Kier molecular flexibility index (Phi) is 2.04. The van der Waals surface area contributed by atoms with Gasteiger partial charge in [-0.3, -0.25) is 4.79 Å². The molecule has 4 heteroatoms. The second kappa shape index (κ2) is 3.42. The fraction of sp³-hybridized carbons (Fsp3) is 0. The predicted octanol–water partition coefficient (Wildman–Crippen LogP) is 2.84. The minimum atomic E-state index is 0.0122. The van der Waals surface area contributed by atoms with Gasteiger partial charge in [0.25, 0.3) is 0 Å². The predicted molar refractivity (Wildman–Crippen MR) is 67.6 cm³/mol. The van der Waals surface area contributed by atoms with Crippen LogP contribution in [0.15, 0.2) is 45.8 Å². The summed E-state index contributed by atoms with van der Waals surface area (Å²) in [7, 11) is 0. The van der Waals surface area contributed by atoms with Crippen molar-refractivity contribution in [3.63, 3.8) is 0 Å². The molecule has 1 aromatic carbocycles. The molecule has 2 heterocycles. The van der Waals surface area contributed by atoms with Crippen molar-refractivity contribution in [1.82, 2.24) is 9.97 Å². The first-order chi connectivity index (χ1) is 7.75. The van der Waals surface area contributed by atoms with Gasteiger partial charge in [0.15, 0.2) is 5.43 Å². The topological polar surface area (TPSA) is 45.8 Å². The van der Waals surface area contributed by atoms with Gasteiger partial charge in [-0.1, -0.05) is 15.9 Å². The van der Waals surface area contributed by atoms with E-state index in [0.717, 1.165) is 9.99 Å². The van der Waals surface area contributed by atoms with Gasteiger partial charge in [-0.15, -0.1) is 0 Å². The molecule has 0 spiro atoms. The average Bonchev–Trinajstić information content (AvgIpc) is 2.31. The van der Waals surface area contributed by atoms with Crippen LogP contribution in [0.25, 0.3) is 21.9 Å². The number of pyridine rings is 2. The molecule has 3 aromatic rings. The summed E-state index contributed by atoms with van der Waals surface area (Å²) in [4.78, 5) is 19.5. The van der Waals surface area contributed by atoms with Crippen molar-refractivity contribution < 1.29 is 0 Å². The molecule has 0 unspecified atom stereocenters. The molecular formula is C12H7BrN2O. The van der Waals surface area contributed by atoms with E-state index in [1.807, 2.05) is 18.2 Å². The first-order valence-corrected chi connectivity index (χ1v) is 5.61. The van der Waals surface area contributed by atoms with Gasteiger partial charge in [0.1, 0.15) is 5.65 Å². The molecule has 3 nitrogen and oxygen atoms in total. The maximum Gasteiger partial charge on any atom is 0.198 e. The van der Waals surface area contributed by atoms with E-state index in [0.29, 0.717) is 16.4 Å². The summed E-state index contributed by atoms with van der Waals surface area (Å²) in [6.45, 7) is 0. The normalized spacial score (nSPS) is 11.1. The molecule has 1 N–H and O–H groups in total. The zero-order valence-corrected chi connectivity index (χ0v) is 9.78. The largest absolute Gasteiger partial charge is 0.339 e. The molecule has 0 saturated carbocycles. The number of halogens is 1. The third-order valence-electron chi connectivity index (χ3n) is 2.53. The van der Waals surface area contributed by atoms with Crippen LogP contribution in [0.2, 0.25) is 0 Å². The highest BCUT2D eigenvalue weighted by atomic mass is 79.9. The molecule has 0 saturated heterocycles. The van der Waals surface area contributed by atoms with Crippen LogP contribution in [-0.4, -0.2) is 9.97 Å². The fourth-order valence-corrected chi connectivity index (χ4v) is 2.14. The van der Waals surface area contributed by atoms with Gasteiger partial charge >= 0.3 is 0 Å². The molecule has 0 aliphatic carbocycles. The number of rotatable bonds is 0. The Bertz CT molecular complexity index is 749. The summed E-state index contributed by atoms with van der Waals surface area (Å²) in [5.41, 5.74) is 1.44. The molecule has 0 atom stereocenters. The standard InChI is InChI=1S/C12H7BrN2O/c13-7-3-4-10-9(6-7)11(16)8-2-1-5-14-12(8)15-10/h1-6H,(H,14,15,16). The van der Waals surface area contributed by atoms with Crippen LogP contribution in [0.3, 0.4) is 0 Å². The van der Waals surface area contributed by atoms with Gasteiger partial charge < -0.3 is 4.98 Å². The molecule has 0 amide bonds. The molecule has 3 rings (SSSR count). The van der Waals surface area contributed by atoms with E-state index in [-0.39, 0.29) is 5.43 Å². The van der Waals surface area contributed by atoms with E-state index in [9.17, 15) is 4.79 Å². The van der Waals surface area contributed by atoms with Crippen molar-refractivity contribution in [2.24, 2.45) is 0 Å². The van der Waals surface area contributed by atoms with Crippen LogP contribution in [-0.2, 0) is 0 Å². The maximum absolute atomic E-state index is 12.2. The zero-order valence-electron chi connectivity index (χ0n) is 8.20. The van der Waals surface area contributed by atoms with Crippen LogP contribution in [0.5, 0.6) is 0 Å². The summed E-state index contributed by atoms with van der Waals surface area (Å²) in [6, 6.07) is 9.13. The first-order valence-electron chi connectivity index (χ1n) is 4.82.